The van der Waals surface area contributed by atoms with Gasteiger partial charge in [0, 0.05) is 45.3 Å². The number of nitrogens with zero attached hydrogens (tertiary/aromatic N) is 2. The molecule has 5 nitrogen and oxygen atoms in total. The molecule has 3 aliphatic heterocycles. The zero-order chi connectivity index (χ0) is 14.2. The van der Waals surface area contributed by atoms with Crippen LogP contribution in [0.3, 0.4) is 0 Å². The molecule has 20 heavy (non-hydrogen) atoms. The van der Waals surface area contributed by atoms with E-state index in [1.807, 2.05) is 0 Å². The highest BCUT2D eigenvalue weighted by molar-refractivity contribution is 7.89. The third kappa shape index (κ3) is 2.85. The third-order valence-corrected chi connectivity index (χ3v) is 5.46. The first kappa shape index (κ1) is 13.9. The molecule has 4 rings (SSSR count). The van der Waals surface area contributed by atoms with Gasteiger partial charge in [-0.2, -0.15) is 0 Å². The Hall–Kier alpha value is -1.02. The van der Waals surface area contributed by atoms with Gasteiger partial charge in [-0.25, -0.2) is 17.5 Å². The van der Waals surface area contributed by atoms with E-state index < -0.39 is 15.8 Å². The van der Waals surface area contributed by atoms with Gasteiger partial charge in [0.15, 0.2) is 0 Å². The van der Waals surface area contributed by atoms with Gasteiger partial charge in [0.05, 0.1) is 4.90 Å². The molecular weight excluding hydrogens is 281 g/mol. The van der Waals surface area contributed by atoms with Crippen LogP contribution >= 0.6 is 0 Å². The molecule has 1 unspecified atom stereocenters. The lowest BCUT2D eigenvalue weighted by Crippen LogP contribution is -2.63. The maximum Gasteiger partial charge on any atom is 0.240 e. The molecule has 7 heteroatoms. The van der Waals surface area contributed by atoms with Crippen LogP contribution in [0.4, 0.5) is 4.39 Å². The smallest absolute Gasteiger partial charge is 0.240 e. The Bertz CT molecular complexity index is 568. The minimum atomic E-state index is -3.56. The van der Waals surface area contributed by atoms with Crippen molar-refractivity contribution < 1.29 is 12.8 Å². The fourth-order valence-corrected chi connectivity index (χ4v) is 3.89. The van der Waals surface area contributed by atoms with Gasteiger partial charge < -0.3 is 0 Å². The van der Waals surface area contributed by atoms with Gasteiger partial charge >= 0.3 is 0 Å². The summed E-state index contributed by atoms with van der Waals surface area (Å²) < 4.78 is 39.7. The fourth-order valence-electron chi connectivity index (χ4n) is 2.82. The van der Waals surface area contributed by atoms with E-state index in [1.165, 1.54) is 12.1 Å². The Morgan fingerprint density at radius 1 is 1.15 bits per heavy atom. The van der Waals surface area contributed by atoms with Gasteiger partial charge in [0.25, 0.3) is 0 Å². The van der Waals surface area contributed by atoms with Crippen molar-refractivity contribution >= 4 is 10.0 Å². The Balaban J connectivity index is 1.64. The number of sulfonamides is 1. The third-order valence-electron chi connectivity index (χ3n) is 4.03. The summed E-state index contributed by atoms with van der Waals surface area (Å²) in [5.41, 5.74) is 0. The summed E-state index contributed by atoms with van der Waals surface area (Å²) in [6.45, 7) is 5.45. The second-order valence-electron chi connectivity index (χ2n) is 5.30. The van der Waals surface area contributed by atoms with Crippen molar-refractivity contribution in [3.05, 3.63) is 30.1 Å². The van der Waals surface area contributed by atoms with Crippen LogP contribution in [0.5, 0.6) is 0 Å². The van der Waals surface area contributed by atoms with Crippen molar-refractivity contribution in [1.82, 2.24) is 14.5 Å². The molecule has 1 atom stereocenters. The lowest BCUT2D eigenvalue weighted by molar-refractivity contribution is 0.0158. The quantitative estimate of drug-likeness (QED) is 0.857. The van der Waals surface area contributed by atoms with Gasteiger partial charge in [-0.15, -0.1) is 0 Å². The van der Waals surface area contributed by atoms with Crippen LogP contribution < -0.4 is 4.72 Å². The average molecular weight is 299 g/mol. The summed E-state index contributed by atoms with van der Waals surface area (Å²) in [5.74, 6) is -0.438. The summed E-state index contributed by atoms with van der Waals surface area (Å²) in [6, 6.07) is 5.12. The van der Waals surface area contributed by atoms with Crippen LogP contribution in [0.1, 0.15) is 0 Å². The largest absolute Gasteiger partial charge is 0.299 e. The number of hydrogen-bond donors (Lipinski definition) is 1. The molecule has 3 heterocycles. The van der Waals surface area contributed by atoms with Crippen molar-refractivity contribution in [2.75, 3.05) is 39.3 Å². The zero-order valence-corrected chi connectivity index (χ0v) is 11.9. The molecular formula is C13H18FN3O2S. The molecule has 0 aromatic heterocycles. The molecule has 0 aliphatic carbocycles. The van der Waals surface area contributed by atoms with Gasteiger partial charge in [0.1, 0.15) is 5.82 Å². The monoisotopic (exact) mass is 299 g/mol. The van der Waals surface area contributed by atoms with Crippen molar-refractivity contribution in [1.29, 1.82) is 0 Å². The SMILES string of the molecule is O=S(=O)(NCC1CN2CCN1CC2)c1ccc(F)cc1. The number of hydrogen-bond acceptors (Lipinski definition) is 4. The van der Waals surface area contributed by atoms with Crippen LogP contribution in [-0.2, 0) is 10.0 Å². The molecule has 2 bridgehead atoms. The van der Waals surface area contributed by atoms with Crippen molar-refractivity contribution in [3.8, 4) is 0 Å². The molecule has 0 radical (unpaired) electrons. The minimum Gasteiger partial charge on any atom is -0.299 e. The van der Waals surface area contributed by atoms with Crippen molar-refractivity contribution in [2.45, 2.75) is 10.9 Å². The normalized spacial score (nSPS) is 29.6. The number of nitrogens with one attached hydrogen (secondary N) is 1. The lowest BCUT2D eigenvalue weighted by Gasteiger charge is -2.47. The Kier molecular flexibility index (Phi) is 3.76. The Morgan fingerprint density at radius 3 is 2.35 bits per heavy atom. The number of fused-ring (bicyclic) bond motifs is 3. The lowest BCUT2D eigenvalue weighted by atomic mass is 10.1. The summed E-state index contributed by atoms with van der Waals surface area (Å²) in [6.07, 6.45) is 0. The van der Waals surface area contributed by atoms with Crippen LogP contribution in [0.2, 0.25) is 0 Å². The minimum absolute atomic E-state index is 0.107. The molecule has 0 amide bonds. The average Bonchev–Trinajstić information content (AvgIpc) is 2.47. The van der Waals surface area contributed by atoms with Crippen LogP contribution in [0.15, 0.2) is 29.2 Å². The number of piperazine rings is 3. The van der Waals surface area contributed by atoms with Gasteiger partial charge in [-0.3, -0.25) is 9.80 Å². The van der Waals surface area contributed by atoms with Crippen LogP contribution in [0, 0.1) is 5.82 Å². The van der Waals surface area contributed by atoms with E-state index >= 15 is 0 Å². The maximum atomic E-state index is 12.8. The molecule has 0 saturated carbocycles. The predicted molar refractivity (Wildman–Crippen MR) is 73.4 cm³/mol. The Morgan fingerprint density at radius 2 is 1.80 bits per heavy atom. The van der Waals surface area contributed by atoms with E-state index in [1.54, 1.807) is 0 Å². The zero-order valence-electron chi connectivity index (χ0n) is 11.1. The highest BCUT2D eigenvalue weighted by Gasteiger charge is 2.32. The van der Waals surface area contributed by atoms with Gasteiger partial charge in [-0.05, 0) is 24.3 Å². The van der Waals surface area contributed by atoms with Gasteiger partial charge in [-0.1, -0.05) is 0 Å². The van der Waals surface area contributed by atoms with E-state index in [4.69, 9.17) is 0 Å². The molecule has 1 N–H and O–H groups in total. The first-order chi connectivity index (χ1) is 9.54. The molecule has 110 valence electrons. The molecule has 0 spiro atoms. The summed E-state index contributed by atoms with van der Waals surface area (Å²) >= 11 is 0. The summed E-state index contributed by atoms with van der Waals surface area (Å²) in [7, 11) is -3.56. The summed E-state index contributed by atoms with van der Waals surface area (Å²) in [4.78, 5) is 4.79. The molecule has 3 aliphatic rings. The van der Waals surface area contributed by atoms with E-state index in [0.29, 0.717) is 6.54 Å². The van der Waals surface area contributed by atoms with Crippen molar-refractivity contribution in [2.24, 2.45) is 0 Å². The van der Waals surface area contributed by atoms with E-state index in [0.717, 1.165) is 44.9 Å². The topological polar surface area (TPSA) is 52.7 Å². The van der Waals surface area contributed by atoms with Crippen molar-refractivity contribution in [3.63, 3.8) is 0 Å². The first-order valence-corrected chi connectivity index (χ1v) is 8.24. The molecule has 3 fully saturated rings. The summed E-state index contributed by atoms with van der Waals surface area (Å²) in [5, 5.41) is 0. The molecule has 3 saturated heterocycles. The second kappa shape index (κ2) is 5.40. The Labute approximate surface area is 118 Å². The fraction of sp³-hybridized carbons (Fsp3) is 0.538. The number of benzene rings is 1. The highest BCUT2D eigenvalue weighted by atomic mass is 32.2. The number of halogens is 1. The standard InChI is InChI=1S/C13H18FN3O2S/c14-11-1-3-13(4-2-11)20(18,19)15-9-12-10-16-5-7-17(12)8-6-16/h1-4,12,15H,5-10H2. The van der Waals surface area contributed by atoms with Crippen LogP contribution in [0.25, 0.3) is 0 Å². The molecule has 1 aromatic carbocycles. The van der Waals surface area contributed by atoms with Gasteiger partial charge in [0.2, 0.25) is 10.0 Å². The second-order valence-corrected chi connectivity index (χ2v) is 7.06. The van der Waals surface area contributed by atoms with Crippen LogP contribution in [-0.4, -0.2) is 63.5 Å². The predicted octanol–water partition coefficient (Wildman–Crippen LogP) is 0.104. The van der Waals surface area contributed by atoms with E-state index in [2.05, 4.69) is 14.5 Å². The number of rotatable bonds is 4. The molecule has 1 aromatic rings. The maximum absolute atomic E-state index is 12.8. The van der Waals surface area contributed by atoms with E-state index in [9.17, 15) is 12.8 Å². The highest BCUT2D eigenvalue weighted by Crippen LogP contribution is 2.16. The van der Waals surface area contributed by atoms with E-state index in [-0.39, 0.29) is 10.9 Å². The first-order valence-electron chi connectivity index (χ1n) is 6.76.